The minimum atomic E-state index is -5.08. The van der Waals surface area contributed by atoms with Gasteiger partial charge in [0.15, 0.2) is 0 Å². The number of carboxylic acid groups (broad SMARTS) is 1. The molecule has 0 radical (unpaired) electrons. The molecule has 1 aliphatic rings. The Hall–Kier alpha value is -3.90. The van der Waals surface area contributed by atoms with Gasteiger partial charge in [-0.3, -0.25) is 15.1 Å². The minimum Gasteiger partial charge on any atom is -0.475 e. The van der Waals surface area contributed by atoms with Crippen LogP contribution in [0.25, 0.3) is 21.9 Å². The lowest BCUT2D eigenvalue weighted by Crippen LogP contribution is -2.37. The first-order valence-corrected chi connectivity index (χ1v) is 11.5. The third kappa shape index (κ3) is 6.27. The second-order valence-corrected chi connectivity index (χ2v) is 8.82. The normalized spacial score (nSPS) is 15.7. The van der Waals surface area contributed by atoms with Gasteiger partial charge < -0.3 is 20.7 Å². The maximum atomic E-state index is 12.8. The van der Waals surface area contributed by atoms with Crippen molar-refractivity contribution in [2.24, 2.45) is 0 Å². The topological polar surface area (TPSA) is 137 Å². The smallest absolute Gasteiger partial charge is 0.475 e. The number of carboxylic acids is 1. The fourth-order valence-corrected chi connectivity index (χ4v) is 4.12. The van der Waals surface area contributed by atoms with E-state index in [4.69, 9.17) is 27.2 Å². The number of benzene rings is 2. The van der Waals surface area contributed by atoms with Crippen molar-refractivity contribution >= 4 is 51.1 Å². The first kappa shape index (κ1) is 26.2. The number of hydrogen-bond acceptors (Lipinski definition) is 6. The van der Waals surface area contributed by atoms with Crippen LogP contribution < -0.4 is 11.1 Å². The summed E-state index contributed by atoms with van der Waals surface area (Å²) < 4.78 is 31.7. The molecule has 194 valence electrons. The van der Waals surface area contributed by atoms with Crippen molar-refractivity contribution in [2.45, 2.75) is 31.7 Å². The number of imidazole rings is 1. The Bertz CT molecular complexity index is 1460. The molecule has 0 aliphatic carbocycles. The van der Waals surface area contributed by atoms with Crippen molar-refractivity contribution < 1.29 is 27.9 Å². The molecule has 0 saturated carbocycles. The van der Waals surface area contributed by atoms with Crippen molar-refractivity contribution in [1.29, 1.82) is 0 Å². The number of H-pyrrole nitrogens is 1. The number of likely N-dealkylation sites (tertiary alicyclic amines) is 1. The zero-order chi connectivity index (χ0) is 26.7. The molecule has 4 aromatic rings. The summed E-state index contributed by atoms with van der Waals surface area (Å²) in [6.45, 7) is 1.77. The molecule has 13 heteroatoms. The van der Waals surface area contributed by atoms with Gasteiger partial charge in [-0.2, -0.15) is 13.2 Å². The van der Waals surface area contributed by atoms with Crippen molar-refractivity contribution in [2.75, 3.05) is 12.3 Å². The molecule has 1 saturated heterocycles. The molecule has 37 heavy (non-hydrogen) atoms. The van der Waals surface area contributed by atoms with E-state index in [1.54, 1.807) is 12.3 Å². The van der Waals surface area contributed by atoms with Crippen LogP contribution in [0.3, 0.4) is 0 Å². The Morgan fingerprint density at radius 2 is 1.97 bits per heavy atom. The first-order chi connectivity index (χ1) is 17.5. The van der Waals surface area contributed by atoms with Gasteiger partial charge in [0.05, 0.1) is 29.1 Å². The fraction of sp³-hybridized carbons (Fsp3) is 0.250. The van der Waals surface area contributed by atoms with Gasteiger partial charge in [-0.15, -0.1) is 0 Å². The van der Waals surface area contributed by atoms with Crippen LogP contribution in [0.1, 0.15) is 17.8 Å². The molecule has 5 rings (SSSR count). The maximum absolute atomic E-state index is 12.8. The fourth-order valence-electron chi connectivity index (χ4n) is 3.96. The highest BCUT2D eigenvalue weighted by Crippen LogP contribution is 2.22. The predicted molar refractivity (Wildman–Crippen MR) is 132 cm³/mol. The average molecular weight is 535 g/mol. The number of hydrogen-bond donors (Lipinski definition) is 4. The van der Waals surface area contributed by atoms with E-state index < -0.39 is 12.1 Å². The zero-order valence-electron chi connectivity index (χ0n) is 19.2. The van der Waals surface area contributed by atoms with Gasteiger partial charge in [0, 0.05) is 35.4 Å². The van der Waals surface area contributed by atoms with E-state index in [0.717, 1.165) is 39.7 Å². The quantitative estimate of drug-likeness (QED) is 0.305. The van der Waals surface area contributed by atoms with Crippen LogP contribution in [0, 0.1) is 0 Å². The largest absolute Gasteiger partial charge is 0.490 e. The molecule has 1 amide bonds. The number of nitrogens with two attached hydrogens (primary N) is 1. The number of carbonyl (C=O) groups is 2. The predicted octanol–water partition coefficient (Wildman–Crippen LogP) is 3.87. The number of amides is 1. The standard InChI is InChI=1S/C22H21ClN6O.C2HF3O2/c23-14-2-4-17-20(10-14)28-21(27-17)11-26-18-6-8-29(22(18)30)12-13-1-3-15-16(24)5-7-25-19(15)9-13;3-2(4,5)1(6)7/h1-5,7,9-10,18,26H,6,8,11-12H2,(H2,24,25)(H,27,28);(H,6,7)/t18-;/m0./s1. The Kier molecular flexibility index (Phi) is 7.50. The van der Waals surface area contributed by atoms with E-state index in [9.17, 15) is 18.0 Å². The molecule has 1 atom stereocenters. The first-order valence-electron chi connectivity index (χ1n) is 11.1. The number of nitrogen functional groups attached to an aromatic ring is 1. The van der Waals surface area contributed by atoms with Crippen LogP contribution in [0.2, 0.25) is 5.02 Å². The summed E-state index contributed by atoms with van der Waals surface area (Å²) in [5.74, 6) is -1.86. The van der Waals surface area contributed by atoms with Crippen LogP contribution in [0.4, 0.5) is 18.9 Å². The Labute approximate surface area is 213 Å². The van der Waals surface area contributed by atoms with E-state index >= 15 is 0 Å². The highest BCUT2D eigenvalue weighted by atomic mass is 35.5. The second-order valence-electron chi connectivity index (χ2n) is 8.38. The molecule has 2 aromatic carbocycles. The summed E-state index contributed by atoms with van der Waals surface area (Å²) in [7, 11) is 0. The maximum Gasteiger partial charge on any atom is 0.490 e. The molecule has 5 N–H and O–H groups in total. The third-order valence-electron chi connectivity index (χ3n) is 5.76. The highest BCUT2D eigenvalue weighted by molar-refractivity contribution is 6.31. The van der Waals surface area contributed by atoms with Crippen molar-refractivity contribution in [3.8, 4) is 0 Å². The van der Waals surface area contributed by atoms with E-state index in [0.29, 0.717) is 30.3 Å². The highest BCUT2D eigenvalue weighted by Gasteiger charge is 2.38. The van der Waals surface area contributed by atoms with E-state index in [1.165, 1.54) is 0 Å². The van der Waals surface area contributed by atoms with Crippen LogP contribution in [0.15, 0.2) is 48.7 Å². The van der Waals surface area contributed by atoms with Crippen molar-refractivity contribution in [3.63, 3.8) is 0 Å². The van der Waals surface area contributed by atoms with E-state index in [2.05, 4.69) is 20.3 Å². The van der Waals surface area contributed by atoms with Gasteiger partial charge in [0.1, 0.15) is 5.82 Å². The molecule has 0 bridgehead atoms. The second kappa shape index (κ2) is 10.6. The number of rotatable bonds is 5. The Morgan fingerprint density at radius 3 is 2.70 bits per heavy atom. The number of nitrogens with one attached hydrogen (secondary N) is 2. The summed E-state index contributed by atoms with van der Waals surface area (Å²) in [5, 5.41) is 12.0. The molecule has 3 heterocycles. The molecular weight excluding hydrogens is 513 g/mol. The van der Waals surface area contributed by atoms with Gasteiger partial charge >= 0.3 is 12.1 Å². The molecule has 9 nitrogen and oxygen atoms in total. The summed E-state index contributed by atoms with van der Waals surface area (Å²) in [6.07, 6.45) is -2.61. The molecule has 0 unspecified atom stereocenters. The van der Waals surface area contributed by atoms with Gasteiger partial charge in [0.25, 0.3) is 0 Å². The average Bonchev–Trinajstić information content (AvgIpc) is 3.40. The molecule has 1 aliphatic heterocycles. The minimum absolute atomic E-state index is 0.106. The zero-order valence-corrected chi connectivity index (χ0v) is 20.0. The van der Waals surface area contributed by atoms with E-state index in [-0.39, 0.29) is 11.9 Å². The summed E-state index contributed by atoms with van der Waals surface area (Å²) in [5.41, 5.74) is 10.4. The van der Waals surface area contributed by atoms with Crippen LogP contribution in [-0.2, 0) is 22.7 Å². The van der Waals surface area contributed by atoms with Gasteiger partial charge in [-0.05, 0) is 42.3 Å². The molecule has 2 aromatic heterocycles. The molecule has 0 spiro atoms. The van der Waals surface area contributed by atoms with Gasteiger partial charge in [-0.1, -0.05) is 23.7 Å². The number of fused-ring (bicyclic) bond motifs is 2. The molecule has 1 fully saturated rings. The molecular formula is C24H22ClF3N6O3. The van der Waals surface area contributed by atoms with Gasteiger partial charge in [-0.25, -0.2) is 9.78 Å². The number of carbonyl (C=O) groups excluding carboxylic acids is 1. The summed E-state index contributed by atoms with van der Waals surface area (Å²) >= 11 is 6.02. The Morgan fingerprint density at radius 1 is 1.22 bits per heavy atom. The van der Waals surface area contributed by atoms with Crippen molar-refractivity contribution in [1.82, 2.24) is 25.2 Å². The monoisotopic (exact) mass is 534 g/mol. The lowest BCUT2D eigenvalue weighted by molar-refractivity contribution is -0.192. The number of anilines is 1. The Balaban J connectivity index is 0.000000405. The van der Waals surface area contributed by atoms with Crippen LogP contribution >= 0.6 is 11.6 Å². The SMILES string of the molecule is Nc1ccnc2cc(CN3CC[C@H](NCc4nc5cc(Cl)ccc5[nH]4)C3=O)ccc12.O=C(O)C(F)(F)F. The number of pyridine rings is 1. The van der Waals surface area contributed by atoms with E-state index in [1.807, 2.05) is 41.3 Å². The number of aromatic nitrogens is 3. The summed E-state index contributed by atoms with van der Waals surface area (Å²) in [6, 6.07) is 13.1. The number of aromatic amines is 1. The van der Waals surface area contributed by atoms with Crippen molar-refractivity contribution in [3.05, 3.63) is 65.1 Å². The number of nitrogens with zero attached hydrogens (tertiary/aromatic N) is 3. The van der Waals surface area contributed by atoms with Gasteiger partial charge in [0.2, 0.25) is 5.91 Å². The number of halogens is 4. The number of alkyl halides is 3. The third-order valence-corrected chi connectivity index (χ3v) is 6.00. The van der Waals surface area contributed by atoms with Crippen LogP contribution in [0.5, 0.6) is 0 Å². The lowest BCUT2D eigenvalue weighted by Gasteiger charge is -2.17. The van der Waals surface area contributed by atoms with Crippen LogP contribution in [-0.4, -0.2) is 55.6 Å². The number of aliphatic carboxylic acids is 1. The lowest BCUT2D eigenvalue weighted by atomic mass is 10.1. The summed E-state index contributed by atoms with van der Waals surface area (Å²) in [4.78, 5) is 35.8.